The Balaban J connectivity index is 1.04. The van der Waals surface area contributed by atoms with Crippen molar-refractivity contribution in [3.05, 3.63) is 73.3 Å². The lowest BCUT2D eigenvalue weighted by Gasteiger charge is -2.22. The van der Waals surface area contributed by atoms with Crippen LogP contribution in [0.1, 0.15) is 40.5 Å². The molecule has 9 nitrogen and oxygen atoms in total. The third kappa shape index (κ3) is 7.29. The molecular weight excluding hydrogens is 544 g/mol. The fourth-order valence-electron chi connectivity index (χ4n) is 4.92. The highest BCUT2D eigenvalue weighted by Crippen LogP contribution is 2.30. The first-order valence-corrected chi connectivity index (χ1v) is 15.1. The largest absolute Gasteiger partial charge is 0.484 e. The maximum absolute atomic E-state index is 6.16. The molecule has 0 spiro atoms. The molecule has 2 aliphatic rings. The molecule has 0 radical (unpaired) electrons. The second-order valence-corrected chi connectivity index (χ2v) is 11.3. The van der Waals surface area contributed by atoms with Crippen molar-refractivity contribution in [2.45, 2.75) is 65.0 Å². The van der Waals surface area contributed by atoms with Gasteiger partial charge in [0, 0.05) is 11.1 Å². The van der Waals surface area contributed by atoms with E-state index in [0.717, 1.165) is 37.2 Å². The zero-order valence-corrected chi connectivity index (χ0v) is 25.1. The van der Waals surface area contributed by atoms with Gasteiger partial charge in [0.25, 0.3) is 0 Å². The fraction of sp³-hybridized carbons (Fsp3) is 0.412. The number of hydrogen-bond acceptors (Lipinski definition) is 9. The molecule has 6 atom stereocenters. The predicted octanol–water partition coefficient (Wildman–Crippen LogP) is 6.78. The minimum Gasteiger partial charge on any atom is -0.484 e. The van der Waals surface area contributed by atoms with E-state index in [1.165, 1.54) is 0 Å². The van der Waals surface area contributed by atoms with Crippen molar-refractivity contribution in [2.24, 2.45) is 11.8 Å². The number of nitrogens with zero attached hydrogens (tertiary/aromatic N) is 4. The average Bonchev–Trinajstić information content (AvgIpc) is 3.98. The Kier molecular flexibility index (Phi) is 8.81. The van der Waals surface area contributed by atoms with Gasteiger partial charge in [0.1, 0.15) is 35.9 Å². The molecule has 2 aromatic carbocycles. The number of rotatable bonds is 14. The van der Waals surface area contributed by atoms with Crippen LogP contribution in [0.5, 0.6) is 23.0 Å². The molecule has 0 amide bonds. The van der Waals surface area contributed by atoms with E-state index >= 15 is 0 Å². The van der Waals surface area contributed by atoms with Gasteiger partial charge in [0.05, 0.1) is 38.0 Å². The summed E-state index contributed by atoms with van der Waals surface area (Å²) in [6.07, 6.45) is 9.31. The van der Waals surface area contributed by atoms with Crippen molar-refractivity contribution < 1.29 is 23.7 Å². The summed E-state index contributed by atoms with van der Waals surface area (Å²) < 4.78 is 29.3. The summed E-state index contributed by atoms with van der Waals surface area (Å²) in [6, 6.07) is 15.4. The van der Waals surface area contributed by atoms with Crippen LogP contribution >= 0.6 is 0 Å². The first-order chi connectivity index (χ1) is 21.0. The van der Waals surface area contributed by atoms with Crippen molar-refractivity contribution in [1.82, 2.24) is 19.9 Å². The van der Waals surface area contributed by atoms with Gasteiger partial charge >= 0.3 is 0 Å². The molecule has 4 aromatic rings. The summed E-state index contributed by atoms with van der Waals surface area (Å²) >= 11 is 0. The van der Waals surface area contributed by atoms with Crippen LogP contribution in [-0.2, 0) is 9.47 Å². The Morgan fingerprint density at radius 3 is 1.26 bits per heavy atom. The van der Waals surface area contributed by atoms with Crippen molar-refractivity contribution in [3.8, 4) is 45.8 Å². The van der Waals surface area contributed by atoms with E-state index < -0.39 is 0 Å². The maximum Gasteiger partial charge on any atom is 0.159 e. The molecule has 2 aliphatic heterocycles. The summed E-state index contributed by atoms with van der Waals surface area (Å²) in [7, 11) is 0. The number of aromatic nitrogens is 4. The van der Waals surface area contributed by atoms with Gasteiger partial charge in [-0.2, -0.15) is 0 Å². The lowest BCUT2D eigenvalue weighted by atomic mass is 9.99. The van der Waals surface area contributed by atoms with E-state index in [9.17, 15) is 0 Å². The Hall–Kier alpha value is -4.08. The molecular formula is C34H38N4O5. The van der Waals surface area contributed by atoms with Gasteiger partial charge in [-0.05, 0) is 73.2 Å². The van der Waals surface area contributed by atoms with Crippen LogP contribution in [0.25, 0.3) is 22.8 Å². The standard InChI is InChI=1S/C34H38N4O5/c1-5-21(3)31(29-19-39-29)42-27-15-35-33(36-16-27)23-7-11-25(12-8-23)41-26-13-9-24(10-14-26)34-37-17-28(18-38-34)43-32(22(4)6-2)30-20-40-30/h7-18,21-22,29-32H,5-6,19-20H2,1-4H3. The third-order valence-corrected chi connectivity index (χ3v) is 8.12. The van der Waals surface area contributed by atoms with E-state index in [4.69, 9.17) is 23.7 Å². The molecule has 4 heterocycles. The van der Waals surface area contributed by atoms with E-state index in [2.05, 4.69) is 47.6 Å². The molecule has 0 aliphatic carbocycles. The Morgan fingerprint density at radius 1 is 0.605 bits per heavy atom. The Labute approximate surface area is 252 Å². The number of ether oxygens (including phenoxy) is 5. The van der Waals surface area contributed by atoms with E-state index in [0.29, 0.717) is 46.5 Å². The topological polar surface area (TPSA) is 104 Å². The molecule has 224 valence electrons. The maximum atomic E-state index is 6.16. The molecule has 0 bridgehead atoms. The lowest BCUT2D eigenvalue weighted by Crippen LogP contribution is -2.30. The van der Waals surface area contributed by atoms with Gasteiger partial charge < -0.3 is 23.7 Å². The molecule has 2 fully saturated rings. The molecule has 2 saturated heterocycles. The molecule has 0 N–H and O–H groups in total. The second-order valence-electron chi connectivity index (χ2n) is 11.3. The van der Waals surface area contributed by atoms with E-state index in [-0.39, 0.29) is 24.4 Å². The number of epoxide rings is 2. The molecule has 2 aromatic heterocycles. The van der Waals surface area contributed by atoms with Crippen molar-refractivity contribution >= 4 is 0 Å². The minimum atomic E-state index is 0.0209. The smallest absolute Gasteiger partial charge is 0.159 e. The highest BCUT2D eigenvalue weighted by molar-refractivity contribution is 5.58. The van der Waals surface area contributed by atoms with Crippen LogP contribution in [0.15, 0.2) is 73.3 Å². The van der Waals surface area contributed by atoms with Gasteiger partial charge in [0.2, 0.25) is 0 Å². The summed E-state index contributed by atoms with van der Waals surface area (Å²) in [5.41, 5.74) is 1.78. The van der Waals surface area contributed by atoms with Crippen molar-refractivity contribution in [2.75, 3.05) is 13.2 Å². The van der Waals surface area contributed by atoms with Crippen LogP contribution in [-0.4, -0.2) is 57.6 Å². The number of benzene rings is 2. The van der Waals surface area contributed by atoms with E-state index in [1.54, 1.807) is 24.8 Å². The molecule has 6 unspecified atom stereocenters. The van der Waals surface area contributed by atoms with Crippen LogP contribution in [0.4, 0.5) is 0 Å². The molecule has 6 rings (SSSR count). The van der Waals surface area contributed by atoms with Crippen LogP contribution in [0.2, 0.25) is 0 Å². The molecule has 43 heavy (non-hydrogen) atoms. The van der Waals surface area contributed by atoms with Gasteiger partial charge in [-0.1, -0.05) is 27.7 Å². The third-order valence-electron chi connectivity index (χ3n) is 8.12. The van der Waals surface area contributed by atoms with E-state index in [1.807, 2.05) is 48.5 Å². The van der Waals surface area contributed by atoms with Crippen LogP contribution in [0.3, 0.4) is 0 Å². The highest BCUT2D eigenvalue weighted by Gasteiger charge is 2.38. The summed E-state index contributed by atoms with van der Waals surface area (Å²) in [5.74, 6) is 4.77. The summed E-state index contributed by atoms with van der Waals surface area (Å²) in [5, 5.41) is 0. The van der Waals surface area contributed by atoms with Gasteiger partial charge in [-0.3, -0.25) is 0 Å². The highest BCUT2D eigenvalue weighted by atomic mass is 16.6. The minimum absolute atomic E-state index is 0.0209. The second kappa shape index (κ2) is 13.1. The van der Waals surface area contributed by atoms with Crippen LogP contribution < -0.4 is 14.2 Å². The molecule has 0 saturated carbocycles. The summed E-state index contributed by atoms with van der Waals surface area (Å²) in [6.45, 7) is 10.2. The first-order valence-electron chi connectivity index (χ1n) is 15.1. The van der Waals surface area contributed by atoms with Gasteiger partial charge in [-0.15, -0.1) is 0 Å². The monoisotopic (exact) mass is 582 g/mol. The van der Waals surface area contributed by atoms with Crippen molar-refractivity contribution in [3.63, 3.8) is 0 Å². The average molecular weight is 583 g/mol. The zero-order chi connectivity index (χ0) is 29.8. The van der Waals surface area contributed by atoms with Gasteiger partial charge in [0.15, 0.2) is 23.1 Å². The summed E-state index contributed by atoms with van der Waals surface area (Å²) in [4.78, 5) is 18.1. The molecule has 9 heteroatoms. The lowest BCUT2D eigenvalue weighted by molar-refractivity contribution is 0.105. The Morgan fingerprint density at radius 2 is 0.953 bits per heavy atom. The van der Waals surface area contributed by atoms with Gasteiger partial charge in [-0.25, -0.2) is 19.9 Å². The quantitative estimate of drug-likeness (QED) is 0.149. The number of hydrogen-bond donors (Lipinski definition) is 0. The Bertz CT molecular complexity index is 1340. The first kappa shape index (κ1) is 29.0. The normalized spacial score (nSPS) is 20.0. The zero-order valence-electron chi connectivity index (χ0n) is 25.1. The SMILES string of the molecule is CCC(C)C(Oc1cnc(-c2ccc(Oc3ccc(-c4ncc(OC(C(C)CC)C5CO5)cn4)cc3)cc2)nc1)C1CO1. The predicted molar refractivity (Wildman–Crippen MR) is 162 cm³/mol. The van der Waals surface area contributed by atoms with Crippen molar-refractivity contribution in [1.29, 1.82) is 0 Å². The van der Waals surface area contributed by atoms with Crippen LogP contribution in [0, 0.1) is 11.8 Å². The fourth-order valence-corrected chi connectivity index (χ4v) is 4.92.